The normalized spacial score (nSPS) is 26.0. The van der Waals surface area contributed by atoms with Crippen molar-refractivity contribution in [2.45, 2.75) is 52.1 Å². The van der Waals surface area contributed by atoms with Gasteiger partial charge in [0.1, 0.15) is 6.33 Å². The van der Waals surface area contributed by atoms with Gasteiger partial charge in [0.05, 0.1) is 29.2 Å². The van der Waals surface area contributed by atoms with E-state index in [1.54, 1.807) is 30.0 Å². The molecule has 232 valence electrons. The van der Waals surface area contributed by atoms with Crippen LogP contribution in [-0.4, -0.2) is 79.0 Å². The highest BCUT2D eigenvalue weighted by Gasteiger charge is 2.88. The molecule has 0 spiro atoms. The lowest BCUT2D eigenvalue weighted by atomic mass is 9.97. The number of halogens is 4. The quantitative estimate of drug-likeness (QED) is 0.334. The van der Waals surface area contributed by atoms with Gasteiger partial charge in [-0.25, -0.2) is 14.3 Å². The molecule has 2 N–H and O–H groups in total. The van der Waals surface area contributed by atoms with Gasteiger partial charge in [-0.3, -0.25) is 19.3 Å². The maximum Gasteiger partial charge on any atom is 0.490 e. The predicted molar refractivity (Wildman–Crippen MR) is 149 cm³/mol. The number of alkyl halides is 3. The summed E-state index contributed by atoms with van der Waals surface area (Å²) in [5, 5.41) is 4.60. The van der Waals surface area contributed by atoms with Crippen molar-refractivity contribution in [1.29, 1.82) is 0 Å². The van der Waals surface area contributed by atoms with Gasteiger partial charge in [-0.15, -0.1) is 0 Å². The Morgan fingerprint density at radius 1 is 1.18 bits per heavy atom. The maximum atomic E-state index is 13.8. The molecule has 1 saturated carbocycles. The van der Waals surface area contributed by atoms with Gasteiger partial charge in [-0.2, -0.15) is 18.3 Å². The van der Waals surface area contributed by atoms with E-state index >= 15 is 0 Å². The fourth-order valence-electron chi connectivity index (χ4n) is 6.64. The summed E-state index contributed by atoms with van der Waals surface area (Å²) in [4.78, 5) is 59.0. The van der Waals surface area contributed by atoms with Crippen LogP contribution >= 0.6 is 11.6 Å². The van der Waals surface area contributed by atoms with Crippen molar-refractivity contribution >= 4 is 40.8 Å². The average molecular weight is 633 g/mol. The zero-order valence-electron chi connectivity index (χ0n) is 24.1. The second kappa shape index (κ2) is 9.73. The van der Waals surface area contributed by atoms with Crippen molar-refractivity contribution < 1.29 is 37.1 Å². The number of ether oxygens (including phenoxy) is 1. The number of rotatable bonds is 5. The molecule has 3 aliphatic rings. The number of aromatic nitrogens is 3. The van der Waals surface area contributed by atoms with E-state index in [1.165, 1.54) is 30.9 Å². The number of fused-ring (bicyclic) bond motifs is 2. The molecule has 6 rings (SSSR count). The Morgan fingerprint density at radius 2 is 1.89 bits per heavy atom. The number of nitrogens with two attached hydrogens (primary N) is 1. The number of hydrogen-bond donors (Lipinski definition) is 1. The summed E-state index contributed by atoms with van der Waals surface area (Å²) in [6.07, 6.45) is -2.52. The molecule has 44 heavy (non-hydrogen) atoms. The van der Waals surface area contributed by atoms with Gasteiger partial charge in [-0.1, -0.05) is 32.4 Å². The number of carbonyl (C=O) groups excluding carboxylic acids is 4. The molecule has 2 aromatic heterocycles. The number of hydrogen-bond acceptors (Lipinski definition) is 8. The topological polar surface area (TPSA) is 140 Å². The van der Waals surface area contributed by atoms with Crippen LogP contribution in [0.4, 0.5) is 13.2 Å². The maximum absolute atomic E-state index is 13.8. The molecular formula is C29H28ClF3N6O5. The molecule has 2 saturated heterocycles. The molecular weight excluding hydrogens is 605 g/mol. The zero-order valence-corrected chi connectivity index (χ0v) is 24.9. The number of benzene rings is 1. The number of nitrogens with zero attached hydrogens (tertiary/aromatic N) is 5. The summed E-state index contributed by atoms with van der Waals surface area (Å²) in [7, 11) is 0. The van der Waals surface area contributed by atoms with Crippen molar-refractivity contribution in [2.75, 3.05) is 13.1 Å². The van der Waals surface area contributed by atoms with Crippen LogP contribution in [0.25, 0.3) is 16.8 Å². The fraction of sp³-hybridized carbons (Fsp3) is 0.448. The first-order valence-electron chi connectivity index (χ1n) is 13.8. The highest BCUT2D eigenvalue weighted by Crippen LogP contribution is 2.69. The smallest absolute Gasteiger partial charge is 0.441 e. The van der Waals surface area contributed by atoms with E-state index in [0.717, 1.165) is 4.90 Å². The minimum atomic E-state index is -5.33. The Morgan fingerprint density at radius 3 is 2.52 bits per heavy atom. The molecule has 0 radical (unpaired) electrons. The number of piperidine rings is 1. The van der Waals surface area contributed by atoms with E-state index in [0.29, 0.717) is 51.6 Å². The second-order valence-corrected chi connectivity index (χ2v) is 12.7. The fourth-order valence-corrected chi connectivity index (χ4v) is 6.91. The number of esters is 1. The van der Waals surface area contributed by atoms with E-state index in [1.807, 2.05) is 6.92 Å². The molecule has 3 fully saturated rings. The number of carbonyl (C=O) groups is 4. The first kappa shape index (κ1) is 30.0. The van der Waals surface area contributed by atoms with Crippen LogP contribution in [0.1, 0.15) is 42.3 Å². The van der Waals surface area contributed by atoms with E-state index in [9.17, 15) is 32.3 Å². The highest BCUT2D eigenvalue weighted by atomic mass is 35.5. The molecule has 4 atom stereocenters. The van der Waals surface area contributed by atoms with Gasteiger partial charge >= 0.3 is 12.1 Å². The van der Waals surface area contributed by atoms with Crippen molar-refractivity contribution in [1.82, 2.24) is 24.4 Å². The Balaban J connectivity index is 1.35. The molecule has 2 aliphatic heterocycles. The third-order valence-electron chi connectivity index (χ3n) is 9.09. The number of aryl methyl sites for hydroxylation is 1. The van der Waals surface area contributed by atoms with Crippen LogP contribution in [0.5, 0.6) is 0 Å². The second-order valence-electron chi connectivity index (χ2n) is 12.3. The molecule has 2 unspecified atom stereocenters. The van der Waals surface area contributed by atoms with E-state index in [2.05, 4.69) is 10.1 Å². The minimum Gasteiger partial charge on any atom is -0.441 e. The Kier molecular flexibility index (Phi) is 6.64. The summed E-state index contributed by atoms with van der Waals surface area (Å²) >= 11 is 6.42. The molecule has 1 aromatic carbocycles. The minimum absolute atomic E-state index is 0.123. The first-order valence-corrected chi connectivity index (χ1v) is 14.2. The van der Waals surface area contributed by atoms with Crippen LogP contribution in [0.3, 0.4) is 0 Å². The summed E-state index contributed by atoms with van der Waals surface area (Å²) in [6.45, 7) is 7.13. The van der Waals surface area contributed by atoms with Gasteiger partial charge in [-0.05, 0) is 42.2 Å². The van der Waals surface area contributed by atoms with E-state index in [-0.39, 0.29) is 24.4 Å². The van der Waals surface area contributed by atoms with Gasteiger partial charge in [0.25, 0.3) is 11.8 Å². The van der Waals surface area contributed by atoms with Gasteiger partial charge in [0.15, 0.2) is 0 Å². The molecule has 15 heteroatoms. The molecule has 11 nitrogen and oxygen atoms in total. The van der Waals surface area contributed by atoms with Gasteiger partial charge in [0.2, 0.25) is 11.5 Å². The summed E-state index contributed by atoms with van der Waals surface area (Å²) in [5.74, 6) is -5.64. The van der Waals surface area contributed by atoms with Crippen LogP contribution in [-0.2, 0) is 25.7 Å². The van der Waals surface area contributed by atoms with Crippen LogP contribution in [0, 0.1) is 24.2 Å². The van der Waals surface area contributed by atoms with Crippen molar-refractivity contribution in [2.24, 2.45) is 23.0 Å². The number of amides is 3. The van der Waals surface area contributed by atoms with E-state index in [4.69, 9.17) is 22.1 Å². The van der Waals surface area contributed by atoms with Crippen LogP contribution < -0.4 is 5.73 Å². The number of likely N-dealkylation sites (tertiary alicyclic amines) is 2. The summed E-state index contributed by atoms with van der Waals surface area (Å²) < 4.78 is 45.2. The third-order valence-corrected chi connectivity index (χ3v) is 9.31. The lowest BCUT2D eigenvalue weighted by Crippen LogP contribution is -2.45. The van der Waals surface area contributed by atoms with Crippen LogP contribution in [0.2, 0.25) is 5.02 Å². The molecule has 1 aliphatic carbocycles. The van der Waals surface area contributed by atoms with Crippen LogP contribution in [0.15, 0.2) is 30.7 Å². The molecule has 0 bridgehead atoms. The van der Waals surface area contributed by atoms with Crippen molar-refractivity contribution in [3.8, 4) is 11.3 Å². The highest BCUT2D eigenvalue weighted by molar-refractivity contribution is 6.31. The largest absolute Gasteiger partial charge is 0.490 e. The monoisotopic (exact) mass is 632 g/mol. The van der Waals surface area contributed by atoms with Gasteiger partial charge < -0.3 is 15.4 Å². The standard InChI is InChI=1S/C29H28ClF3N6O5/c1-13-5-16(30)7-17(20(13)23(40)37-8-14(2)18(34)11-37)21-19-6-15(10-39(19)36-12-35-21)9-38-24(41)22-27(3,4)28(22,25(38)42)44-26(43)29(31,32)33/h5-7,10,12,14,18,22H,8-9,11,34H2,1-4H3/t14-,18+,22?,28?/m0/s1. The molecule has 4 heterocycles. The molecule has 3 amide bonds. The zero-order chi connectivity index (χ0) is 32.1. The van der Waals surface area contributed by atoms with E-state index < -0.39 is 40.9 Å². The Hall–Kier alpha value is -4.04. The van der Waals surface area contributed by atoms with Crippen molar-refractivity contribution in [3.05, 3.63) is 52.4 Å². The van der Waals surface area contributed by atoms with Gasteiger partial charge in [0, 0.05) is 41.3 Å². The lowest BCUT2D eigenvalue weighted by molar-refractivity contribution is -0.209. The average Bonchev–Trinajstić information content (AvgIpc) is 3.28. The summed E-state index contributed by atoms with van der Waals surface area (Å²) in [5.41, 5.74) is 5.28. The van der Waals surface area contributed by atoms with Crippen molar-refractivity contribution in [3.63, 3.8) is 0 Å². The Labute approximate surface area is 254 Å². The number of imide groups is 1. The molecule has 3 aromatic rings. The predicted octanol–water partition coefficient (Wildman–Crippen LogP) is 3.15. The Bertz CT molecular complexity index is 1760. The lowest BCUT2D eigenvalue weighted by Gasteiger charge is -2.24. The first-order chi connectivity index (χ1) is 20.5. The summed E-state index contributed by atoms with van der Waals surface area (Å²) in [6, 6.07) is 4.76. The third kappa shape index (κ3) is 4.29. The SMILES string of the molecule is Cc1cc(Cl)cc(-c2ncnn3cc(CN4C(=O)C5C(C)(C)C5(OC(=O)C(F)(F)F)C4=O)cc23)c1C(=O)N1C[C@@H](N)[C@@H](C)C1.